The summed E-state index contributed by atoms with van der Waals surface area (Å²) in [7, 11) is 0. The van der Waals surface area contributed by atoms with Crippen LogP contribution in [0, 0.1) is 12.8 Å². The van der Waals surface area contributed by atoms with Crippen molar-refractivity contribution in [3.8, 4) is 0 Å². The van der Waals surface area contributed by atoms with Crippen LogP contribution in [0.1, 0.15) is 35.3 Å². The van der Waals surface area contributed by atoms with E-state index in [0.29, 0.717) is 0 Å². The summed E-state index contributed by atoms with van der Waals surface area (Å²) in [5, 5.41) is 1.22. The van der Waals surface area contributed by atoms with E-state index in [-0.39, 0.29) is 0 Å². The topological polar surface area (TPSA) is 22.0 Å². The van der Waals surface area contributed by atoms with Crippen LogP contribution >= 0.6 is 0 Å². The van der Waals surface area contributed by atoms with Gasteiger partial charge in [-0.2, -0.15) is 0 Å². The van der Waals surface area contributed by atoms with E-state index in [1.54, 1.807) is 0 Å². The number of aldehydes is 1. The number of hydrogen-bond acceptors (Lipinski definition) is 1. The number of nitrogens with zero attached hydrogens (tertiary/aromatic N) is 1. The summed E-state index contributed by atoms with van der Waals surface area (Å²) in [6, 6.07) is 8.32. The monoisotopic (exact) mass is 227 g/mol. The highest BCUT2D eigenvalue weighted by molar-refractivity contribution is 5.90. The van der Waals surface area contributed by atoms with Crippen molar-refractivity contribution < 1.29 is 4.79 Å². The van der Waals surface area contributed by atoms with Crippen LogP contribution in [0.25, 0.3) is 10.9 Å². The van der Waals surface area contributed by atoms with E-state index < -0.39 is 0 Å². The van der Waals surface area contributed by atoms with E-state index in [9.17, 15) is 4.79 Å². The summed E-state index contributed by atoms with van der Waals surface area (Å²) in [6.45, 7) is 3.10. The predicted molar refractivity (Wildman–Crippen MR) is 69.4 cm³/mol. The molecule has 1 heterocycles. The third-order valence-electron chi connectivity index (χ3n) is 3.98. The van der Waals surface area contributed by atoms with Crippen LogP contribution in [0.15, 0.2) is 24.3 Å². The first-order chi connectivity index (χ1) is 8.29. The molecule has 1 aromatic heterocycles. The fourth-order valence-electron chi connectivity index (χ4n) is 2.69. The van der Waals surface area contributed by atoms with Gasteiger partial charge in [0.05, 0.1) is 5.69 Å². The van der Waals surface area contributed by atoms with Gasteiger partial charge in [-0.25, -0.2) is 0 Å². The molecular formula is C15H17NO. The summed E-state index contributed by atoms with van der Waals surface area (Å²) in [5.41, 5.74) is 3.28. The van der Waals surface area contributed by atoms with Gasteiger partial charge in [0, 0.05) is 17.4 Å². The molecule has 0 amide bonds. The van der Waals surface area contributed by atoms with Gasteiger partial charge in [0.2, 0.25) is 0 Å². The zero-order valence-corrected chi connectivity index (χ0v) is 10.1. The Kier molecular flexibility index (Phi) is 2.50. The largest absolute Gasteiger partial charge is 0.338 e. The summed E-state index contributed by atoms with van der Waals surface area (Å²) in [5.74, 6) is 0.768. The van der Waals surface area contributed by atoms with Crippen molar-refractivity contribution in [1.29, 1.82) is 0 Å². The van der Waals surface area contributed by atoms with Crippen LogP contribution in [0.4, 0.5) is 0 Å². The van der Waals surface area contributed by atoms with E-state index in [0.717, 1.165) is 24.4 Å². The molecule has 0 N–H and O–H groups in total. The Labute approximate surface area is 101 Å². The number of aromatic nitrogens is 1. The highest BCUT2D eigenvalue weighted by atomic mass is 16.1. The molecule has 1 aromatic carbocycles. The quantitative estimate of drug-likeness (QED) is 0.735. The molecule has 1 aliphatic rings. The molecule has 1 fully saturated rings. The molecule has 3 rings (SSSR count). The minimum Gasteiger partial charge on any atom is -0.338 e. The molecule has 0 spiro atoms. The number of aryl methyl sites for hydroxylation is 1. The molecule has 0 bridgehead atoms. The molecule has 17 heavy (non-hydrogen) atoms. The molecule has 1 aliphatic carbocycles. The smallest absolute Gasteiger partial charge is 0.166 e. The summed E-state index contributed by atoms with van der Waals surface area (Å²) in [4.78, 5) is 11.2. The van der Waals surface area contributed by atoms with Gasteiger partial charge in [0.1, 0.15) is 0 Å². The first kappa shape index (κ1) is 10.6. The van der Waals surface area contributed by atoms with E-state index in [1.807, 2.05) is 6.07 Å². The molecule has 0 atom stereocenters. The van der Waals surface area contributed by atoms with Gasteiger partial charge >= 0.3 is 0 Å². The second kappa shape index (κ2) is 4.02. The van der Waals surface area contributed by atoms with Gasteiger partial charge in [-0.1, -0.05) is 18.6 Å². The molecular weight excluding hydrogens is 210 g/mol. The van der Waals surface area contributed by atoms with Crippen molar-refractivity contribution in [3.05, 3.63) is 35.5 Å². The average molecular weight is 227 g/mol. The predicted octanol–water partition coefficient (Wildman–Crippen LogP) is 3.56. The van der Waals surface area contributed by atoms with Crippen molar-refractivity contribution in [2.45, 2.75) is 32.7 Å². The highest BCUT2D eigenvalue weighted by Crippen LogP contribution is 2.31. The third kappa shape index (κ3) is 1.68. The van der Waals surface area contributed by atoms with Crippen molar-refractivity contribution >= 4 is 17.2 Å². The summed E-state index contributed by atoms with van der Waals surface area (Å²) >= 11 is 0. The maximum Gasteiger partial charge on any atom is 0.166 e. The second-order valence-electron chi connectivity index (χ2n) is 5.10. The van der Waals surface area contributed by atoms with Gasteiger partial charge in [0.15, 0.2) is 6.29 Å². The van der Waals surface area contributed by atoms with Crippen molar-refractivity contribution in [2.24, 2.45) is 5.92 Å². The first-order valence-corrected chi connectivity index (χ1v) is 6.33. The Morgan fingerprint density at radius 3 is 2.88 bits per heavy atom. The molecule has 1 saturated carbocycles. The normalized spacial score (nSPS) is 16.1. The van der Waals surface area contributed by atoms with Crippen molar-refractivity contribution in [2.75, 3.05) is 0 Å². The SMILES string of the molecule is Cc1cccc2c1cc(C=O)n2CC1CCC1. The lowest BCUT2D eigenvalue weighted by molar-refractivity contribution is 0.111. The van der Waals surface area contributed by atoms with Gasteiger partial charge in [-0.05, 0) is 43.4 Å². The lowest BCUT2D eigenvalue weighted by atomic mass is 9.85. The minimum absolute atomic E-state index is 0.768. The number of rotatable bonds is 3. The maximum absolute atomic E-state index is 11.2. The average Bonchev–Trinajstić information content (AvgIpc) is 2.63. The fourth-order valence-corrected chi connectivity index (χ4v) is 2.69. The van der Waals surface area contributed by atoms with Gasteiger partial charge in [0.25, 0.3) is 0 Å². The number of carbonyl (C=O) groups excluding carboxylic acids is 1. The molecule has 2 nitrogen and oxygen atoms in total. The number of carbonyl (C=O) groups is 1. The van der Waals surface area contributed by atoms with Crippen LogP contribution in [-0.2, 0) is 6.54 Å². The Bertz CT molecular complexity index is 564. The lowest BCUT2D eigenvalue weighted by Gasteiger charge is -2.26. The third-order valence-corrected chi connectivity index (χ3v) is 3.98. The standard InChI is InChI=1S/C15H17NO/c1-11-4-2-7-15-14(11)8-13(10-17)16(15)9-12-5-3-6-12/h2,4,7-8,10,12H,3,5-6,9H2,1H3. The molecule has 2 heteroatoms. The zero-order valence-electron chi connectivity index (χ0n) is 10.1. The maximum atomic E-state index is 11.2. The molecule has 0 saturated heterocycles. The second-order valence-corrected chi connectivity index (χ2v) is 5.10. The zero-order chi connectivity index (χ0) is 11.8. The highest BCUT2D eigenvalue weighted by Gasteiger charge is 2.20. The fraction of sp³-hybridized carbons (Fsp3) is 0.400. The van der Waals surface area contributed by atoms with Gasteiger partial charge < -0.3 is 4.57 Å². The van der Waals surface area contributed by atoms with E-state index in [2.05, 4.69) is 29.7 Å². The molecule has 0 aliphatic heterocycles. The molecule has 0 radical (unpaired) electrons. The first-order valence-electron chi connectivity index (χ1n) is 6.33. The molecule has 0 unspecified atom stereocenters. The number of hydrogen-bond donors (Lipinski definition) is 0. The van der Waals surface area contributed by atoms with Crippen LogP contribution in [0.5, 0.6) is 0 Å². The van der Waals surface area contributed by atoms with Gasteiger partial charge in [-0.3, -0.25) is 4.79 Å². The van der Waals surface area contributed by atoms with Crippen LogP contribution in [-0.4, -0.2) is 10.9 Å². The molecule has 2 aromatic rings. The lowest BCUT2D eigenvalue weighted by Crippen LogP contribution is -2.19. The number of fused-ring (bicyclic) bond motifs is 1. The minimum atomic E-state index is 0.768. The van der Waals surface area contributed by atoms with E-state index >= 15 is 0 Å². The molecule has 88 valence electrons. The van der Waals surface area contributed by atoms with E-state index in [1.165, 1.54) is 35.7 Å². The summed E-state index contributed by atoms with van der Waals surface area (Å²) in [6.07, 6.45) is 4.95. The Morgan fingerprint density at radius 1 is 1.41 bits per heavy atom. The number of benzene rings is 1. The van der Waals surface area contributed by atoms with Crippen molar-refractivity contribution in [3.63, 3.8) is 0 Å². The van der Waals surface area contributed by atoms with E-state index in [4.69, 9.17) is 0 Å². The Morgan fingerprint density at radius 2 is 2.24 bits per heavy atom. The van der Waals surface area contributed by atoms with Crippen molar-refractivity contribution in [1.82, 2.24) is 4.57 Å². The van der Waals surface area contributed by atoms with Crippen LogP contribution in [0.2, 0.25) is 0 Å². The Balaban J connectivity index is 2.12. The summed E-state index contributed by atoms with van der Waals surface area (Å²) < 4.78 is 2.19. The van der Waals surface area contributed by atoms with Gasteiger partial charge in [-0.15, -0.1) is 0 Å². The van der Waals surface area contributed by atoms with Crippen LogP contribution in [0.3, 0.4) is 0 Å². The Hall–Kier alpha value is -1.57. The van der Waals surface area contributed by atoms with Crippen LogP contribution < -0.4 is 0 Å².